The van der Waals surface area contributed by atoms with Gasteiger partial charge in [-0.15, -0.1) is 0 Å². The highest BCUT2D eigenvalue weighted by Crippen LogP contribution is 2.16. The van der Waals surface area contributed by atoms with E-state index in [1.54, 1.807) is 0 Å². The zero-order valence-corrected chi connectivity index (χ0v) is 12.2. The van der Waals surface area contributed by atoms with Gasteiger partial charge in [0.1, 0.15) is 5.75 Å². The molecule has 0 saturated carbocycles. The molecule has 0 aliphatic carbocycles. The van der Waals surface area contributed by atoms with Crippen molar-refractivity contribution in [1.82, 2.24) is 0 Å². The van der Waals surface area contributed by atoms with E-state index in [9.17, 15) is 10.2 Å². The minimum absolute atomic E-state index is 0.178. The summed E-state index contributed by atoms with van der Waals surface area (Å²) >= 11 is 0. The van der Waals surface area contributed by atoms with E-state index in [1.807, 2.05) is 45.0 Å². The molecule has 108 valence electrons. The molecule has 0 amide bonds. The molecular formula is C16H26O3. The molecule has 0 aliphatic rings. The Morgan fingerprint density at radius 3 is 2.11 bits per heavy atom. The van der Waals surface area contributed by atoms with Gasteiger partial charge in [0.05, 0.1) is 18.3 Å². The Balaban J connectivity index is 2.41. The van der Waals surface area contributed by atoms with Crippen LogP contribution in [0.3, 0.4) is 0 Å². The molecule has 0 aliphatic heterocycles. The third kappa shape index (κ3) is 6.08. The van der Waals surface area contributed by atoms with Crippen molar-refractivity contribution in [1.29, 1.82) is 0 Å². The summed E-state index contributed by atoms with van der Waals surface area (Å²) in [6, 6.07) is 7.92. The summed E-state index contributed by atoms with van der Waals surface area (Å²) in [5.74, 6) is 0.866. The van der Waals surface area contributed by atoms with Crippen LogP contribution in [0.5, 0.6) is 5.75 Å². The van der Waals surface area contributed by atoms with E-state index in [-0.39, 0.29) is 6.10 Å². The highest BCUT2D eigenvalue weighted by atomic mass is 16.5. The summed E-state index contributed by atoms with van der Waals surface area (Å²) in [6.07, 6.45) is 1.84. The highest BCUT2D eigenvalue weighted by Gasteiger charge is 2.14. The maximum Gasteiger partial charge on any atom is 0.119 e. The fourth-order valence-corrected chi connectivity index (χ4v) is 2.00. The number of rotatable bonds is 8. The van der Waals surface area contributed by atoms with Crippen LogP contribution in [0.4, 0.5) is 0 Å². The summed E-state index contributed by atoms with van der Waals surface area (Å²) in [7, 11) is 0. The number of aliphatic hydroxyl groups is 2. The Morgan fingerprint density at radius 2 is 1.58 bits per heavy atom. The van der Waals surface area contributed by atoms with Crippen molar-refractivity contribution in [3.63, 3.8) is 0 Å². The predicted molar refractivity (Wildman–Crippen MR) is 77.4 cm³/mol. The van der Waals surface area contributed by atoms with Crippen molar-refractivity contribution < 1.29 is 14.9 Å². The topological polar surface area (TPSA) is 49.7 Å². The van der Waals surface area contributed by atoms with Crippen LogP contribution in [-0.4, -0.2) is 28.5 Å². The second-order valence-corrected chi connectivity index (χ2v) is 5.27. The van der Waals surface area contributed by atoms with Gasteiger partial charge in [0, 0.05) is 0 Å². The van der Waals surface area contributed by atoms with Gasteiger partial charge in [-0.25, -0.2) is 0 Å². The molecule has 0 bridgehead atoms. The lowest BCUT2D eigenvalue weighted by molar-refractivity contribution is 0.00980. The number of aliphatic hydroxyl groups excluding tert-OH is 2. The van der Waals surface area contributed by atoms with Crippen molar-refractivity contribution >= 4 is 0 Å². The third-order valence-electron chi connectivity index (χ3n) is 3.05. The standard InChI is InChI=1S/C16H26O3/c1-4-5-15(17)16(18)11-8-13-6-9-14(10-7-13)19-12(2)3/h6-7,9-10,12,15-18H,4-5,8,11H2,1-3H3. The second-order valence-electron chi connectivity index (χ2n) is 5.27. The first-order valence-electron chi connectivity index (χ1n) is 7.14. The monoisotopic (exact) mass is 266 g/mol. The molecule has 0 aromatic heterocycles. The maximum atomic E-state index is 9.81. The van der Waals surface area contributed by atoms with Gasteiger partial charge >= 0.3 is 0 Å². The van der Waals surface area contributed by atoms with E-state index in [0.717, 1.165) is 24.2 Å². The Hall–Kier alpha value is -1.06. The van der Waals surface area contributed by atoms with Gasteiger partial charge in [0.15, 0.2) is 0 Å². The molecule has 2 N–H and O–H groups in total. The Bertz CT molecular complexity index is 346. The van der Waals surface area contributed by atoms with Crippen LogP contribution in [-0.2, 0) is 6.42 Å². The van der Waals surface area contributed by atoms with Crippen LogP contribution < -0.4 is 4.74 Å². The van der Waals surface area contributed by atoms with E-state index in [4.69, 9.17) is 4.74 Å². The average molecular weight is 266 g/mol. The van der Waals surface area contributed by atoms with E-state index in [0.29, 0.717) is 12.8 Å². The summed E-state index contributed by atoms with van der Waals surface area (Å²) < 4.78 is 5.58. The third-order valence-corrected chi connectivity index (χ3v) is 3.05. The molecule has 0 fully saturated rings. The SMILES string of the molecule is CCCC(O)C(O)CCc1ccc(OC(C)C)cc1. The Labute approximate surface area is 116 Å². The molecule has 3 nitrogen and oxygen atoms in total. The largest absolute Gasteiger partial charge is 0.491 e. The van der Waals surface area contributed by atoms with Gasteiger partial charge in [-0.05, 0) is 50.8 Å². The number of hydrogen-bond acceptors (Lipinski definition) is 3. The molecule has 2 unspecified atom stereocenters. The van der Waals surface area contributed by atoms with Crippen LogP contribution in [0.2, 0.25) is 0 Å². The first-order valence-corrected chi connectivity index (χ1v) is 7.14. The molecule has 0 radical (unpaired) electrons. The van der Waals surface area contributed by atoms with E-state index < -0.39 is 12.2 Å². The fraction of sp³-hybridized carbons (Fsp3) is 0.625. The lowest BCUT2D eigenvalue weighted by atomic mass is 10.0. The summed E-state index contributed by atoms with van der Waals surface area (Å²) in [6.45, 7) is 6.00. The lowest BCUT2D eigenvalue weighted by Crippen LogP contribution is -2.26. The number of aryl methyl sites for hydroxylation is 1. The minimum Gasteiger partial charge on any atom is -0.491 e. The molecule has 0 saturated heterocycles. The van der Waals surface area contributed by atoms with E-state index in [2.05, 4.69) is 0 Å². The normalized spacial score (nSPS) is 14.4. The summed E-state index contributed by atoms with van der Waals surface area (Å²) in [5, 5.41) is 19.5. The summed E-state index contributed by atoms with van der Waals surface area (Å²) in [4.78, 5) is 0. The van der Waals surface area contributed by atoms with Crippen LogP contribution in [0.25, 0.3) is 0 Å². The van der Waals surface area contributed by atoms with Gasteiger partial charge in [-0.2, -0.15) is 0 Å². The zero-order valence-electron chi connectivity index (χ0n) is 12.2. The van der Waals surface area contributed by atoms with Crippen LogP contribution in [0, 0.1) is 0 Å². The van der Waals surface area contributed by atoms with Crippen molar-refractivity contribution in [3.8, 4) is 5.75 Å². The zero-order chi connectivity index (χ0) is 14.3. The minimum atomic E-state index is -0.633. The quantitative estimate of drug-likeness (QED) is 0.760. The summed E-state index contributed by atoms with van der Waals surface area (Å²) in [5.41, 5.74) is 1.15. The Kier molecular flexibility index (Phi) is 6.89. The molecule has 1 rings (SSSR count). The highest BCUT2D eigenvalue weighted by molar-refractivity contribution is 5.27. The van der Waals surface area contributed by atoms with Crippen molar-refractivity contribution in [2.45, 2.75) is 64.8 Å². The smallest absolute Gasteiger partial charge is 0.119 e. The van der Waals surface area contributed by atoms with Crippen LogP contribution in [0.1, 0.15) is 45.6 Å². The number of hydrogen-bond donors (Lipinski definition) is 2. The van der Waals surface area contributed by atoms with Gasteiger partial charge < -0.3 is 14.9 Å². The molecular weight excluding hydrogens is 240 g/mol. The van der Waals surface area contributed by atoms with Gasteiger partial charge in [0.25, 0.3) is 0 Å². The molecule has 3 heteroatoms. The molecule has 0 spiro atoms. The molecule has 1 aromatic carbocycles. The maximum absolute atomic E-state index is 9.81. The first-order chi connectivity index (χ1) is 9.02. The molecule has 2 atom stereocenters. The Morgan fingerprint density at radius 1 is 1.00 bits per heavy atom. The fourth-order valence-electron chi connectivity index (χ4n) is 2.00. The second kappa shape index (κ2) is 8.18. The van der Waals surface area contributed by atoms with Crippen LogP contribution >= 0.6 is 0 Å². The van der Waals surface area contributed by atoms with Gasteiger partial charge in [-0.3, -0.25) is 0 Å². The van der Waals surface area contributed by atoms with Gasteiger partial charge in [-0.1, -0.05) is 25.5 Å². The average Bonchev–Trinajstić information content (AvgIpc) is 2.37. The predicted octanol–water partition coefficient (Wildman–Crippen LogP) is 2.93. The van der Waals surface area contributed by atoms with Crippen molar-refractivity contribution in [2.75, 3.05) is 0 Å². The molecule has 0 heterocycles. The van der Waals surface area contributed by atoms with Crippen molar-refractivity contribution in [2.24, 2.45) is 0 Å². The van der Waals surface area contributed by atoms with E-state index >= 15 is 0 Å². The number of ether oxygens (including phenoxy) is 1. The first kappa shape index (κ1) is 16.0. The lowest BCUT2D eigenvalue weighted by Gasteiger charge is -2.17. The van der Waals surface area contributed by atoms with Crippen molar-refractivity contribution in [3.05, 3.63) is 29.8 Å². The van der Waals surface area contributed by atoms with Crippen LogP contribution in [0.15, 0.2) is 24.3 Å². The molecule has 1 aromatic rings. The molecule has 19 heavy (non-hydrogen) atoms. The van der Waals surface area contributed by atoms with E-state index in [1.165, 1.54) is 0 Å². The van der Waals surface area contributed by atoms with Gasteiger partial charge in [0.2, 0.25) is 0 Å². The number of benzene rings is 1.